The van der Waals surface area contributed by atoms with Crippen molar-refractivity contribution in [3.63, 3.8) is 0 Å². The molecule has 0 atom stereocenters. The van der Waals surface area contributed by atoms with Crippen LogP contribution in [-0.2, 0) is 11.3 Å². The average molecular weight is 299 g/mol. The summed E-state index contributed by atoms with van der Waals surface area (Å²) >= 11 is 6.17. The van der Waals surface area contributed by atoms with Crippen molar-refractivity contribution in [1.82, 2.24) is 10.2 Å². The zero-order chi connectivity index (χ0) is 15.0. The number of rotatable bonds is 8. The van der Waals surface area contributed by atoms with Crippen LogP contribution in [0.3, 0.4) is 0 Å². The van der Waals surface area contributed by atoms with E-state index in [1.54, 1.807) is 19.0 Å². The highest BCUT2D eigenvalue weighted by Crippen LogP contribution is 2.25. The number of hydrogen-bond acceptors (Lipinski definition) is 3. The lowest BCUT2D eigenvalue weighted by atomic mass is 10.2. The molecule has 0 fully saturated rings. The van der Waals surface area contributed by atoms with Crippen LogP contribution in [0, 0.1) is 0 Å². The quantitative estimate of drug-likeness (QED) is 0.750. The van der Waals surface area contributed by atoms with E-state index in [0.29, 0.717) is 30.2 Å². The van der Waals surface area contributed by atoms with Crippen LogP contribution in [-0.4, -0.2) is 38.1 Å². The molecule has 1 N–H and O–H groups in total. The lowest BCUT2D eigenvalue weighted by Gasteiger charge is -2.12. The number of hydrogen-bond donors (Lipinski definition) is 1. The monoisotopic (exact) mass is 298 g/mol. The highest BCUT2D eigenvalue weighted by molar-refractivity contribution is 6.32. The molecule has 0 aliphatic heterocycles. The molecule has 0 unspecified atom stereocenters. The Hall–Kier alpha value is -1.26. The van der Waals surface area contributed by atoms with E-state index in [1.807, 2.05) is 18.2 Å². The predicted octanol–water partition coefficient (Wildman–Crippen LogP) is 2.70. The number of ether oxygens (including phenoxy) is 1. The molecular weight excluding hydrogens is 276 g/mol. The van der Waals surface area contributed by atoms with Gasteiger partial charge in [0.05, 0.1) is 11.6 Å². The van der Waals surface area contributed by atoms with Gasteiger partial charge in [-0.2, -0.15) is 0 Å². The van der Waals surface area contributed by atoms with Gasteiger partial charge < -0.3 is 15.0 Å². The Kier molecular flexibility index (Phi) is 7.41. The Balaban J connectivity index is 2.39. The van der Waals surface area contributed by atoms with Crippen LogP contribution < -0.4 is 10.1 Å². The van der Waals surface area contributed by atoms with Gasteiger partial charge in [0.2, 0.25) is 5.91 Å². The molecule has 4 nitrogen and oxygen atoms in total. The molecule has 0 heterocycles. The summed E-state index contributed by atoms with van der Waals surface area (Å²) in [6.07, 6.45) is 1.18. The molecule has 1 aromatic rings. The van der Waals surface area contributed by atoms with Gasteiger partial charge in [0.15, 0.2) is 0 Å². The molecule has 0 spiro atoms. The molecule has 1 aromatic carbocycles. The third-order valence-electron chi connectivity index (χ3n) is 2.87. The van der Waals surface area contributed by atoms with E-state index >= 15 is 0 Å². The van der Waals surface area contributed by atoms with E-state index in [2.05, 4.69) is 12.2 Å². The summed E-state index contributed by atoms with van der Waals surface area (Å²) in [6.45, 7) is 4.28. The first kappa shape index (κ1) is 16.8. The molecule has 5 heteroatoms. The van der Waals surface area contributed by atoms with Crippen molar-refractivity contribution < 1.29 is 9.53 Å². The molecule has 0 bridgehead atoms. The van der Waals surface area contributed by atoms with Crippen LogP contribution in [0.4, 0.5) is 0 Å². The summed E-state index contributed by atoms with van der Waals surface area (Å²) in [5.41, 5.74) is 1.13. The van der Waals surface area contributed by atoms with Crippen molar-refractivity contribution in [3.05, 3.63) is 28.8 Å². The van der Waals surface area contributed by atoms with Crippen LogP contribution in [0.25, 0.3) is 0 Å². The topological polar surface area (TPSA) is 41.6 Å². The molecule has 0 saturated carbocycles. The number of amides is 1. The SMILES string of the molecule is CCNCc1ccc(OCCCC(=O)N(C)C)c(Cl)c1. The normalized spacial score (nSPS) is 10.4. The molecule has 20 heavy (non-hydrogen) atoms. The van der Waals surface area contributed by atoms with Crippen LogP contribution in [0.15, 0.2) is 18.2 Å². The van der Waals surface area contributed by atoms with Crippen LogP contribution >= 0.6 is 11.6 Å². The van der Waals surface area contributed by atoms with E-state index in [4.69, 9.17) is 16.3 Å². The molecule has 0 aromatic heterocycles. The number of carbonyl (C=O) groups excluding carboxylic acids is 1. The van der Waals surface area contributed by atoms with E-state index in [-0.39, 0.29) is 5.91 Å². The van der Waals surface area contributed by atoms with Gasteiger partial charge in [-0.15, -0.1) is 0 Å². The maximum Gasteiger partial charge on any atom is 0.222 e. The summed E-state index contributed by atoms with van der Waals surface area (Å²) in [7, 11) is 3.51. The Morgan fingerprint density at radius 3 is 2.75 bits per heavy atom. The highest BCUT2D eigenvalue weighted by atomic mass is 35.5. The second-order valence-corrected chi connectivity index (χ2v) is 5.19. The standard InChI is InChI=1S/C15H23ClN2O2/c1-4-17-11-12-7-8-14(13(16)10-12)20-9-5-6-15(19)18(2)3/h7-8,10,17H,4-6,9,11H2,1-3H3. The fraction of sp³-hybridized carbons (Fsp3) is 0.533. The minimum absolute atomic E-state index is 0.112. The van der Waals surface area contributed by atoms with Gasteiger partial charge in [0.25, 0.3) is 0 Å². The predicted molar refractivity (Wildman–Crippen MR) is 82.3 cm³/mol. The third kappa shape index (κ3) is 5.80. The minimum atomic E-state index is 0.112. The smallest absolute Gasteiger partial charge is 0.222 e. The fourth-order valence-corrected chi connectivity index (χ4v) is 1.93. The van der Waals surface area contributed by atoms with Gasteiger partial charge in [0.1, 0.15) is 5.75 Å². The summed E-state index contributed by atoms with van der Waals surface area (Å²) in [6, 6.07) is 5.78. The summed E-state index contributed by atoms with van der Waals surface area (Å²) in [4.78, 5) is 13.0. The molecule has 1 amide bonds. The van der Waals surface area contributed by atoms with E-state index in [0.717, 1.165) is 18.7 Å². The fourth-order valence-electron chi connectivity index (χ4n) is 1.67. The first-order chi connectivity index (χ1) is 9.54. The van der Waals surface area contributed by atoms with Crippen molar-refractivity contribution in [2.45, 2.75) is 26.3 Å². The van der Waals surface area contributed by atoms with Crippen molar-refractivity contribution in [2.24, 2.45) is 0 Å². The largest absolute Gasteiger partial charge is 0.492 e. The Morgan fingerprint density at radius 1 is 1.40 bits per heavy atom. The van der Waals surface area contributed by atoms with Gasteiger partial charge >= 0.3 is 0 Å². The average Bonchev–Trinajstić information content (AvgIpc) is 2.42. The first-order valence-corrected chi connectivity index (χ1v) is 7.24. The zero-order valence-electron chi connectivity index (χ0n) is 12.4. The van der Waals surface area contributed by atoms with Gasteiger partial charge in [-0.1, -0.05) is 24.6 Å². The van der Waals surface area contributed by atoms with Crippen LogP contribution in [0.1, 0.15) is 25.3 Å². The molecule has 0 saturated heterocycles. The number of halogens is 1. The maximum absolute atomic E-state index is 11.4. The molecule has 112 valence electrons. The zero-order valence-corrected chi connectivity index (χ0v) is 13.2. The Morgan fingerprint density at radius 2 is 2.15 bits per heavy atom. The van der Waals surface area contributed by atoms with E-state index in [9.17, 15) is 4.79 Å². The van der Waals surface area contributed by atoms with Crippen molar-refractivity contribution in [3.8, 4) is 5.75 Å². The van der Waals surface area contributed by atoms with Crippen LogP contribution in [0.5, 0.6) is 5.75 Å². The van der Waals surface area contributed by atoms with E-state index < -0.39 is 0 Å². The Bertz CT molecular complexity index is 436. The summed E-state index contributed by atoms with van der Waals surface area (Å²) in [5.74, 6) is 0.782. The summed E-state index contributed by atoms with van der Waals surface area (Å²) < 4.78 is 5.60. The minimum Gasteiger partial charge on any atom is -0.492 e. The molecule has 0 aliphatic carbocycles. The first-order valence-electron chi connectivity index (χ1n) is 6.86. The van der Waals surface area contributed by atoms with Gasteiger partial charge in [-0.25, -0.2) is 0 Å². The summed E-state index contributed by atoms with van der Waals surface area (Å²) in [5, 5.41) is 3.86. The lowest BCUT2D eigenvalue weighted by Crippen LogP contribution is -2.21. The van der Waals surface area contributed by atoms with E-state index in [1.165, 1.54) is 0 Å². The number of carbonyl (C=O) groups is 1. The maximum atomic E-state index is 11.4. The van der Waals surface area contributed by atoms with Crippen LogP contribution in [0.2, 0.25) is 5.02 Å². The lowest BCUT2D eigenvalue weighted by molar-refractivity contribution is -0.128. The molecule has 1 rings (SSSR count). The van der Waals surface area contributed by atoms with Gasteiger partial charge in [-0.3, -0.25) is 4.79 Å². The second kappa shape index (κ2) is 8.82. The van der Waals surface area contributed by atoms with Gasteiger partial charge in [-0.05, 0) is 30.7 Å². The Labute approximate surface area is 126 Å². The van der Waals surface area contributed by atoms with Gasteiger partial charge in [0, 0.05) is 27.1 Å². The molecular formula is C15H23ClN2O2. The molecule has 0 radical (unpaired) electrons. The third-order valence-corrected chi connectivity index (χ3v) is 3.16. The van der Waals surface area contributed by atoms with Crippen molar-refractivity contribution >= 4 is 17.5 Å². The second-order valence-electron chi connectivity index (χ2n) is 4.79. The number of nitrogens with zero attached hydrogens (tertiary/aromatic N) is 1. The highest BCUT2D eigenvalue weighted by Gasteiger charge is 2.06. The number of benzene rings is 1. The van der Waals surface area contributed by atoms with Crippen molar-refractivity contribution in [2.75, 3.05) is 27.2 Å². The van der Waals surface area contributed by atoms with Crippen molar-refractivity contribution in [1.29, 1.82) is 0 Å². The molecule has 0 aliphatic rings. The number of nitrogens with one attached hydrogen (secondary N) is 1.